The maximum Gasteiger partial charge on any atom is 0.233 e. The van der Waals surface area contributed by atoms with Crippen molar-refractivity contribution in [2.24, 2.45) is 7.05 Å². The smallest absolute Gasteiger partial charge is 0.233 e. The zero-order chi connectivity index (χ0) is 19.2. The summed E-state index contributed by atoms with van der Waals surface area (Å²) in [6, 6.07) is 8.22. The van der Waals surface area contributed by atoms with E-state index in [0.29, 0.717) is 6.54 Å². The lowest BCUT2D eigenvalue weighted by molar-refractivity contribution is -0.120. The Balaban J connectivity index is 1.54. The minimum Gasteiger partial charge on any atom is -0.355 e. The second-order valence-corrected chi connectivity index (χ2v) is 8.45. The molecular formula is C21H28N4OS. The van der Waals surface area contributed by atoms with Gasteiger partial charge in [0.15, 0.2) is 11.0 Å². The predicted octanol–water partition coefficient (Wildman–Crippen LogP) is 4.28. The third-order valence-electron chi connectivity index (χ3n) is 4.93. The van der Waals surface area contributed by atoms with Crippen LogP contribution in [0, 0.1) is 6.92 Å². The maximum atomic E-state index is 12.4. The Bertz CT molecular complexity index is 810. The third kappa shape index (κ3) is 5.22. The molecule has 0 radical (unpaired) electrons. The zero-order valence-electron chi connectivity index (χ0n) is 16.4. The lowest BCUT2D eigenvalue weighted by Crippen LogP contribution is -2.32. The number of aryl methyl sites for hydroxylation is 1. The van der Waals surface area contributed by atoms with Crippen molar-refractivity contribution in [3.05, 3.63) is 41.5 Å². The molecule has 0 fully saturated rings. The summed E-state index contributed by atoms with van der Waals surface area (Å²) in [5.41, 5.74) is 3.73. The molecule has 0 bridgehead atoms. The number of carbonyl (C=O) groups is 1. The van der Waals surface area contributed by atoms with Crippen molar-refractivity contribution in [3.63, 3.8) is 0 Å². The van der Waals surface area contributed by atoms with Crippen LogP contribution in [0.2, 0.25) is 0 Å². The Morgan fingerprint density at radius 1 is 1.26 bits per heavy atom. The molecule has 144 valence electrons. The Morgan fingerprint density at radius 3 is 2.74 bits per heavy atom. The number of aromatic nitrogens is 3. The average Bonchev–Trinajstić information content (AvgIpc) is 3.03. The number of allylic oxidation sites excluding steroid dienone is 1. The first kappa shape index (κ1) is 19.7. The number of hydrogen-bond acceptors (Lipinski definition) is 4. The number of hydrogen-bond donors (Lipinski definition) is 1. The molecule has 1 aromatic carbocycles. The van der Waals surface area contributed by atoms with Gasteiger partial charge < -0.3 is 9.88 Å². The van der Waals surface area contributed by atoms with Crippen molar-refractivity contribution >= 4 is 17.7 Å². The van der Waals surface area contributed by atoms with Crippen molar-refractivity contribution in [1.29, 1.82) is 0 Å². The zero-order valence-corrected chi connectivity index (χ0v) is 17.2. The van der Waals surface area contributed by atoms with Gasteiger partial charge in [0.1, 0.15) is 0 Å². The fraction of sp³-hybridized carbons (Fsp3) is 0.476. The number of rotatable bonds is 7. The molecule has 0 saturated heterocycles. The molecule has 1 atom stereocenters. The van der Waals surface area contributed by atoms with Gasteiger partial charge >= 0.3 is 0 Å². The molecule has 0 aliphatic heterocycles. The van der Waals surface area contributed by atoms with Crippen LogP contribution in [0.15, 0.2) is 41.1 Å². The van der Waals surface area contributed by atoms with Crippen LogP contribution in [0.5, 0.6) is 0 Å². The van der Waals surface area contributed by atoms with Gasteiger partial charge in [-0.3, -0.25) is 4.79 Å². The molecule has 0 saturated carbocycles. The highest BCUT2D eigenvalue weighted by molar-refractivity contribution is 8.00. The van der Waals surface area contributed by atoms with E-state index in [2.05, 4.69) is 40.6 Å². The number of nitrogens with one attached hydrogen (secondary N) is 1. The van der Waals surface area contributed by atoms with Gasteiger partial charge in [-0.1, -0.05) is 53.2 Å². The van der Waals surface area contributed by atoms with Crippen molar-refractivity contribution in [2.75, 3.05) is 6.54 Å². The molecule has 3 rings (SSSR count). The maximum absolute atomic E-state index is 12.4. The van der Waals surface area contributed by atoms with Crippen LogP contribution in [0.25, 0.3) is 11.4 Å². The monoisotopic (exact) mass is 384 g/mol. The molecule has 1 amide bonds. The fourth-order valence-corrected chi connectivity index (χ4v) is 4.04. The van der Waals surface area contributed by atoms with E-state index in [9.17, 15) is 4.79 Å². The highest BCUT2D eigenvalue weighted by Gasteiger charge is 2.19. The Morgan fingerprint density at radius 2 is 2.04 bits per heavy atom. The van der Waals surface area contributed by atoms with Gasteiger partial charge in [0.2, 0.25) is 5.91 Å². The molecular weight excluding hydrogens is 356 g/mol. The van der Waals surface area contributed by atoms with Crippen molar-refractivity contribution in [3.8, 4) is 11.4 Å². The van der Waals surface area contributed by atoms with Crippen LogP contribution in [0.4, 0.5) is 0 Å². The summed E-state index contributed by atoms with van der Waals surface area (Å²) in [6.45, 7) is 4.69. The Labute approximate surface area is 165 Å². The number of benzene rings is 1. The fourth-order valence-electron chi connectivity index (χ4n) is 3.20. The molecule has 1 N–H and O–H groups in total. The molecule has 5 nitrogen and oxygen atoms in total. The summed E-state index contributed by atoms with van der Waals surface area (Å²) in [4.78, 5) is 12.4. The van der Waals surface area contributed by atoms with Crippen LogP contribution >= 0.6 is 11.8 Å². The lowest BCUT2D eigenvalue weighted by atomic mass is 9.97. The summed E-state index contributed by atoms with van der Waals surface area (Å²) in [7, 11) is 1.94. The molecule has 1 heterocycles. The van der Waals surface area contributed by atoms with E-state index >= 15 is 0 Å². The Hall–Kier alpha value is -2.08. The Kier molecular flexibility index (Phi) is 6.72. The average molecular weight is 385 g/mol. The van der Waals surface area contributed by atoms with Gasteiger partial charge in [-0.05, 0) is 46.0 Å². The van der Waals surface area contributed by atoms with E-state index in [4.69, 9.17) is 0 Å². The number of amides is 1. The molecule has 1 aliphatic rings. The molecule has 1 unspecified atom stereocenters. The van der Waals surface area contributed by atoms with Gasteiger partial charge in [0.25, 0.3) is 0 Å². The minimum absolute atomic E-state index is 0.0521. The summed E-state index contributed by atoms with van der Waals surface area (Å²) < 4.78 is 1.95. The first-order chi connectivity index (χ1) is 13.0. The van der Waals surface area contributed by atoms with Crippen molar-refractivity contribution in [2.45, 2.75) is 56.4 Å². The number of nitrogens with zero attached hydrogens (tertiary/aromatic N) is 3. The van der Waals surface area contributed by atoms with Crippen molar-refractivity contribution < 1.29 is 4.79 Å². The molecule has 2 aromatic rings. The van der Waals surface area contributed by atoms with Gasteiger partial charge in [0.05, 0.1) is 5.25 Å². The van der Waals surface area contributed by atoms with E-state index in [0.717, 1.165) is 23.0 Å². The summed E-state index contributed by atoms with van der Waals surface area (Å²) in [5.74, 6) is 0.866. The van der Waals surface area contributed by atoms with Crippen LogP contribution in [0.1, 0.15) is 44.6 Å². The third-order valence-corrected chi connectivity index (χ3v) is 6.06. The van der Waals surface area contributed by atoms with E-state index in [1.165, 1.54) is 48.6 Å². The van der Waals surface area contributed by atoms with Gasteiger partial charge in [-0.2, -0.15) is 0 Å². The van der Waals surface area contributed by atoms with E-state index in [1.807, 2.05) is 30.7 Å². The highest BCUT2D eigenvalue weighted by atomic mass is 32.2. The summed E-state index contributed by atoms with van der Waals surface area (Å²) in [6.07, 6.45) is 8.24. The summed E-state index contributed by atoms with van der Waals surface area (Å²) in [5, 5.41) is 12.2. The van der Waals surface area contributed by atoms with Gasteiger partial charge in [0, 0.05) is 19.2 Å². The van der Waals surface area contributed by atoms with Crippen LogP contribution in [-0.4, -0.2) is 32.5 Å². The van der Waals surface area contributed by atoms with Crippen molar-refractivity contribution in [1.82, 2.24) is 20.1 Å². The van der Waals surface area contributed by atoms with Crippen LogP contribution in [-0.2, 0) is 11.8 Å². The molecule has 6 heteroatoms. The topological polar surface area (TPSA) is 59.8 Å². The molecule has 1 aliphatic carbocycles. The largest absolute Gasteiger partial charge is 0.355 e. The normalized spacial score (nSPS) is 15.3. The second kappa shape index (κ2) is 9.22. The molecule has 27 heavy (non-hydrogen) atoms. The number of carbonyl (C=O) groups excluding carboxylic acids is 1. The van der Waals surface area contributed by atoms with Gasteiger partial charge in [-0.25, -0.2) is 0 Å². The quantitative estimate of drug-likeness (QED) is 0.572. The minimum atomic E-state index is -0.209. The van der Waals surface area contributed by atoms with Crippen LogP contribution in [0.3, 0.4) is 0 Å². The lowest BCUT2D eigenvalue weighted by Gasteiger charge is -2.14. The van der Waals surface area contributed by atoms with Crippen LogP contribution < -0.4 is 5.32 Å². The highest BCUT2D eigenvalue weighted by Crippen LogP contribution is 2.26. The first-order valence-corrected chi connectivity index (χ1v) is 10.5. The van der Waals surface area contributed by atoms with E-state index < -0.39 is 0 Å². The second-order valence-electron chi connectivity index (χ2n) is 7.14. The van der Waals surface area contributed by atoms with Gasteiger partial charge in [-0.15, -0.1) is 10.2 Å². The van der Waals surface area contributed by atoms with E-state index in [1.54, 1.807) is 0 Å². The molecule has 1 aromatic heterocycles. The molecule has 0 spiro atoms. The van der Waals surface area contributed by atoms with E-state index in [-0.39, 0.29) is 11.2 Å². The number of thioether (sulfide) groups is 1. The SMILES string of the molecule is Cc1ccc(-c2nnc(SC(C)C(=O)NCCC3=CCCCC3)n2C)cc1. The standard InChI is InChI=1S/C21H28N4OS/c1-15-9-11-18(12-10-15)19-23-24-21(25(19)3)27-16(2)20(26)22-14-13-17-7-5-4-6-8-17/h7,9-12,16H,4-6,8,13-14H2,1-3H3,(H,22,26). The predicted molar refractivity (Wildman–Crippen MR) is 111 cm³/mol. The first-order valence-electron chi connectivity index (χ1n) is 9.63. The summed E-state index contributed by atoms with van der Waals surface area (Å²) >= 11 is 1.45.